The van der Waals surface area contributed by atoms with Crippen LogP contribution in [0.4, 0.5) is 0 Å². The van der Waals surface area contributed by atoms with E-state index in [1.165, 1.54) is 11.8 Å². The number of amidine groups is 1. The van der Waals surface area contributed by atoms with Crippen molar-refractivity contribution in [3.05, 3.63) is 34.9 Å². The van der Waals surface area contributed by atoms with E-state index in [2.05, 4.69) is 4.99 Å². The molecule has 23 heavy (non-hydrogen) atoms. The van der Waals surface area contributed by atoms with E-state index in [1.54, 1.807) is 6.07 Å². The third kappa shape index (κ3) is 3.68. The van der Waals surface area contributed by atoms with Crippen molar-refractivity contribution in [2.45, 2.75) is 17.8 Å². The van der Waals surface area contributed by atoms with Crippen molar-refractivity contribution in [3.8, 4) is 0 Å². The first-order valence-electron chi connectivity index (χ1n) is 6.94. The van der Waals surface area contributed by atoms with Gasteiger partial charge in [-0.25, -0.2) is 8.42 Å². The minimum Gasteiger partial charge on any atom is -0.342 e. The number of halogens is 2. The molecule has 3 rings (SSSR count). The number of hydrogen-bond donors (Lipinski definition) is 0. The molecule has 0 aromatic heterocycles. The molecule has 0 radical (unpaired) electrons. The Kier molecular flexibility index (Phi) is 4.92. The Balaban J connectivity index is 1.92. The van der Waals surface area contributed by atoms with Gasteiger partial charge in [-0.1, -0.05) is 41.6 Å². The molecule has 1 aromatic rings. The van der Waals surface area contributed by atoms with Gasteiger partial charge in [0.05, 0.1) is 17.5 Å². The van der Waals surface area contributed by atoms with Crippen LogP contribution in [-0.2, 0) is 21.2 Å². The molecular weight excluding hydrogens is 379 g/mol. The van der Waals surface area contributed by atoms with Crippen LogP contribution in [-0.4, -0.2) is 53.1 Å². The molecule has 1 amide bonds. The zero-order valence-electron chi connectivity index (χ0n) is 12.0. The van der Waals surface area contributed by atoms with Crippen LogP contribution in [0.25, 0.3) is 0 Å². The second-order valence-electron chi connectivity index (χ2n) is 5.44. The van der Waals surface area contributed by atoms with Crippen LogP contribution >= 0.6 is 35.0 Å². The maximum atomic E-state index is 11.9. The Morgan fingerprint density at radius 2 is 2.09 bits per heavy atom. The van der Waals surface area contributed by atoms with Crippen LogP contribution in [0.1, 0.15) is 5.56 Å². The summed E-state index contributed by atoms with van der Waals surface area (Å²) in [6.45, 7) is 0.414. The van der Waals surface area contributed by atoms with E-state index >= 15 is 0 Å². The molecule has 1 aromatic carbocycles. The molecule has 9 heteroatoms. The third-order valence-corrected chi connectivity index (χ3v) is 7.65. The minimum atomic E-state index is -3.06. The average Bonchev–Trinajstić information content (AvgIpc) is 2.94. The molecule has 2 aliphatic rings. The molecule has 0 aliphatic carbocycles. The number of sulfone groups is 1. The lowest BCUT2D eigenvalue weighted by molar-refractivity contribution is -0.115. The highest BCUT2D eigenvalue weighted by molar-refractivity contribution is 8.15. The predicted molar refractivity (Wildman–Crippen MR) is 94.0 cm³/mol. The van der Waals surface area contributed by atoms with Gasteiger partial charge in [-0.15, -0.1) is 11.6 Å². The third-order valence-electron chi connectivity index (χ3n) is 3.81. The number of thioether (sulfide) groups is 1. The first kappa shape index (κ1) is 17.1. The lowest BCUT2D eigenvalue weighted by atomic mass is 10.1. The summed E-state index contributed by atoms with van der Waals surface area (Å²) in [5.41, 5.74) is 0.866. The Morgan fingerprint density at radius 3 is 2.78 bits per heavy atom. The Hall–Kier alpha value is -0.760. The highest BCUT2D eigenvalue weighted by Crippen LogP contribution is 2.39. The van der Waals surface area contributed by atoms with Crippen molar-refractivity contribution in [2.75, 3.05) is 17.4 Å². The molecule has 2 saturated heterocycles. The second kappa shape index (κ2) is 6.63. The summed E-state index contributed by atoms with van der Waals surface area (Å²) in [5, 5.41) is 1.02. The summed E-state index contributed by atoms with van der Waals surface area (Å²) in [5.74, 6) is -0.447. The molecule has 2 aliphatic heterocycles. The van der Waals surface area contributed by atoms with E-state index in [0.29, 0.717) is 16.7 Å². The number of benzene rings is 1. The van der Waals surface area contributed by atoms with Crippen LogP contribution in [0.3, 0.4) is 0 Å². The Labute approximate surface area is 149 Å². The smallest absolute Gasteiger partial charge is 0.262 e. The molecule has 0 unspecified atom stereocenters. The van der Waals surface area contributed by atoms with E-state index in [-0.39, 0.29) is 28.7 Å². The number of alkyl halides is 1. The summed E-state index contributed by atoms with van der Waals surface area (Å²) < 4.78 is 23.8. The van der Waals surface area contributed by atoms with Crippen LogP contribution < -0.4 is 0 Å². The van der Waals surface area contributed by atoms with Gasteiger partial charge < -0.3 is 4.90 Å². The van der Waals surface area contributed by atoms with Gasteiger partial charge in [0.25, 0.3) is 5.91 Å². The zero-order valence-corrected chi connectivity index (χ0v) is 15.1. The fraction of sp³-hybridized carbons (Fsp3) is 0.429. The van der Waals surface area contributed by atoms with Crippen LogP contribution in [0, 0.1) is 0 Å². The molecule has 0 saturated carbocycles. The lowest BCUT2D eigenvalue weighted by Gasteiger charge is -2.24. The summed E-state index contributed by atoms with van der Waals surface area (Å²) >= 11 is 13.1. The van der Waals surface area contributed by atoms with Crippen molar-refractivity contribution in [1.82, 2.24) is 4.90 Å². The Bertz CT molecular complexity index is 767. The van der Waals surface area contributed by atoms with E-state index in [0.717, 1.165) is 5.56 Å². The normalized spacial score (nSPS) is 27.4. The Morgan fingerprint density at radius 1 is 1.35 bits per heavy atom. The van der Waals surface area contributed by atoms with Crippen molar-refractivity contribution in [2.24, 2.45) is 4.99 Å². The van der Waals surface area contributed by atoms with Gasteiger partial charge in [0.1, 0.15) is 5.88 Å². The number of carbonyl (C=O) groups excluding carboxylic acids is 1. The fourth-order valence-electron chi connectivity index (χ4n) is 2.77. The van der Waals surface area contributed by atoms with Crippen molar-refractivity contribution in [1.29, 1.82) is 0 Å². The summed E-state index contributed by atoms with van der Waals surface area (Å²) in [6, 6.07) is 7.17. The largest absolute Gasteiger partial charge is 0.342 e. The van der Waals surface area contributed by atoms with Crippen LogP contribution in [0.15, 0.2) is 29.3 Å². The van der Waals surface area contributed by atoms with E-state index in [4.69, 9.17) is 23.2 Å². The van der Waals surface area contributed by atoms with Gasteiger partial charge in [0.2, 0.25) is 0 Å². The van der Waals surface area contributed by atoms with E-state index in [1.807, 2.05) is 23.1 Å². The van der Waals surface area contributed by atoms with Crippen molar-refractivity contribution in [3.63, 3.8) is 0 Å². The molecule has 0 bridgehead atoms. The van der Waals surface area contributed by atoms with Crippen LogP contribution in [0.5, 0.6) is 0 Å². The van der Waals surface area contributed by atoms with Gasteiger partial charge >= 0.3 is 0 Å². The zero-order chi connectivity index (χ0) is 16.6. The number of amides is 1. The number of hydrogen-bond acceptors (Lipinski definition) is 4. The van der Waals surface area contributed by atoms with Gasteiger partial charge in [0, 0.05) is 16.8 Å². The van der Waals surface area contributed by atoms with Crippen LogP contribution in [0.2, 0.25) is 5.02 Å². The fourth-order valence-corrected chi connectivity index (χ4v) is 6.99. The van der Waals surface area contributed by atoms with Gasteiger partial charge in [-0.05, 0) is 11.6 Å². The second-order valence-corrected chi connectivity index (χ2v) is 9.48. The molecule has 124 valence electrons. The topological polar surface area (TPSA) is 66.8 Å². The summed E-state index contributed by atoms with van der Waals surface area (Å²) in [7, 11) is -3.06. The average molecular weight is 393 g/mol. The van der Waals surface area contributed by atoms with Gasteiger partial charge in [0.15, 0.2) is 15.0 Å². The molecular formula is C14H14Cl2N2O3S2. The SMILES string of the molecule is O=C(CCl)N=C1S[C@H]2CS(=O)(=O)C[C@@H]2N1Cc1ccccc1Cl. The maximum Gasteiger partial charge on any atom is 0.262 e. The predicted octanol–water partition coefficient (Wildman–Crippen LogP) is 2.18. The van der Waals surface area contributed by atoms with Crippen molar-refractivity contribution >= 4 is 55.9 Å². The number of carbonyl (C=O) groups is 1. The highest BCUT2D eigenvalue weighted by Gasteiger charge is 2.48. The number of nitrogens with zero attached hydrogens (tertiary/aromatic N) is 2. The lowest BCUT2D eigenvalue weighted by Crippen LogP contribution is -2.37. The first-order valence-corrected chi connectivity index (χ1v) is 10.6. The standard InChI is InChI=1S/C14H14Cl2N2O3S2/c15-5-13(19)17-14-18(6-9-3-1-2-4-10(9)16)11-7-23(20,21)8-12(11)22-14/h1-4,11-12H,5-8H2/t11-,12-/m0/s1. The highest BCUT2D eigenvalue weighted by atomic mass is 35.5. The van der Waals surface area contributed by atoms with E-state index < -0.39 is 15.7 Å². The molecule has 5 nitrogen and oxygen atoms in total. The van der Waals surface area contributed by atoms with E-state index in [9.17, 15) is 13.2 Å². The van der Waals surface area contributed by atoms with Gasteiger partial charge in [-0.2, -0.15) is 4.99 Å². The monoisotopic (exact) mass is 392 g/mol. The van der Waals surface area contributed by atoms with Crippen molar-refractivity contribution < 1.29 is 13.2 Å². The molecule has 2 heterocycles. The number of rotatable bonds is 3. The maximum absolute atomic E-state index is 11.9. The molecule has 0 spiro atoms. The molecule has 0 N–H and O–H groups in total. The minimum absolute atomic E-state index is 0.0726. The summed E-state index contributed by atoms with van der Waals surface area (Å²) in [6.07, 6.45) is 0. The number of fused-ring (bicyclic) bond motifs is 1. The quantitative estimate of drug-likeness (QED) is 0.737. The summed E-state index contributed by atoms with van der Waals surface area (Å²) in [4.78, 5) is 17.5. The van der Waals surface area contributed by atoms with Gasteiger partial charge in [-0.3, -0.25) is 4.79 Å². The first-order chi connectivity index (χ1) is 10.9. The number of aliphatic imine (C=N–C) groups is 1. The molecule has 2 atom stereocenters. The molecule has 2 fully saturated rings.